The van der Waals surface area contributed by atoms with Crippen LogP contribution in [-0.4, -0.2) is 29.7 Å². The molecule has 0 unspecified atom stereocenters. The number of ether oxygens (including phenoxy) is 1. The number of pyridine rings is 1. The Morgan fingerprint density at radius 2 is 1.95 bits per heavy atom. The van der Waals surface area contributed by atoms with Gasteiger partial charge in [0.05, 0.1) is 17.9 Å². The van der Waals surface area contributed by atoms with Crippen LogP contribution in [0.25, 0.3) is 0 Å². The molecule has 1 heterocycles. The number of rotatable bonds is 5. The van der Waals surface area contributed by atoms with Crippen LogP contribution in [-0.2, 0) is 4.79 Å². The number of nitrogens with zero attached hydrogens (tertiary/aromatic N) is 1. The lowest BCUT2D eigenvalue weighted by molar-refractivity contribution is -0.117. The number of carbonyl (C=O) groups is 2. The van der Waals surface area contributed by atoms with Crippen molar-refractivity contribution in [2.45, 2.75) is 5.03 Å². The van der Waals surface area contributed by atoms with E-state index in [4.69, 9.17) is 4.74 Å². The van der Waals surface area contributed by atoms with E-state index >= 15 is 0 Å². The van der Waals surface area contributed by atoms with Gasteiger partial charge in [0.25, 0.3) is 5.91 Å². The molecule has 0 radical (unpaired) electrons. The number of imide groups is 1. The molecule has 0 fully saturated rings. The molecule has 2 rings (SSSR count). The van der Waals surface area contributed by atoms with E-state index in [2.05, 4.69) is 10.3 Å². The van der Waals surface area contributed by atoms with Gasteiger partial charge in [0.2, 0.25) is 5.91 Å². The number of hydrogen-bond acceptors (Lipinski definition) is 5. The fourth-order valence-corrected chi connectivity index (χ4v) is 2.21. The third kappa shape index (κ3) is 4.61. The minimum atomic E-state index is -0.427. The summed E-state index contributed by atoms with van der Waals surface area (Å²) < 4.78 is 5.01. The van der Waals surface area contributed by atoms with Gasteiger partial charge in [-0.2, -0.15) is 0 Å². The zero-order valence-corrected chi connectivity index (χ0v) is 12.2. The van der Waals surface area contributed by atoms with Gasteiger partial charge in [0.1, 0.15) is 5.75 Å². The second-order valence-electron chi connectivity index (χ2n) is 4.06. The Morgan fingerprint density at radius 1 is 1.19 bits per heavy atom. The number of methoxy groups -OCH3 is 1. The number of aromatic nitrogens is 1. The van der Waals surface area contributed by atoms with Gasteiger partial charge in [-0.15, -0.1) is 0 Å². The first kappa shape index (κ1) is 15.1. The molecule has 1 aromatic heterocycles. The Hall–Kier alpha value is -2.34. The molecule has 1 N–H and O–H groups in total. The van der Waals surface area contributed by atoms with Crippen LogP contribution in [0.5, 0.6) is 5.75 Å². The molecular weight excluding hydrogens is 288 g/mol. The van der Waals surface area contributed by atoms with Crippen molar-refractivity contribution in [3.05, 3.63) is 54.2 Å². The zero-order chi connectivity index (χ0) is 15.1. The van der Waals surface area contributed by atoms with Crippen molar-refractivity contribution in [2.75, 3.05) is 12.9 Å². The summed E-state index contributed by atoms with van der Waals surface area (Å²) in [6.07, 6.45) is 1.66. The highest BCUT2D eigenvalue weighted by molar-refractivity contribution is 7.99. The van der Waals surface area contributed by atoms with E-state index in [0.717, 1.165) is 5.03 Å². The van der Waals surface area contributed by atoms with Gasteiger partial charge < -0.3 is 4.74 Å². The Morgan fingerprint density at radius 3 is 2.57 bits per heavy atom. The minimum Gasteiger partial charge on any atom is -0.497 e. The van der Waals surface area contributed by atoms with Crippen molar-refractivity contribution in [1.29, 1.82) is 0 Å². The third-order valence-corrected chi connectivity index (χ3v) is 3.54. The maximum atomic E-state index is 11.9. The van der Waals surface area contributed by atoms with Gasteiger partial charge in [-0.1, -0.05) is 17.8 Å². The highest BCUT2D eigenvalue weighted by atomic mass is 32.2. The summed E-state index contributed by atoms with van der Waals surface area (Å²) in [5.74, 6) is 0.0122. The van der Waals surface area contributed by atoms with E-state index in [-0.39, 0.29) is 11.7 Å². The fourth-order valence-electron chi connectivity index (χ4n) is 1.55. The van der Waals surface area contributed by atoms with Gasteiger partial charge in [-0.05, 0) is 36.4 Å². The first-order valence-electron chi connectivity index (χ1n) is 6.21. The Balaban J connectivity index is 1.85. The van der Waals surface area contributed by atoms with E-state index in [1.807, 2.05) is 12.1 Å². The van der Waals surface area contributed by atoms with Crippen LogP contribution in [0, 0.1) is 0 Å². The van der Waals surface area contributed by atoms with Gasteiger partial charge in [0.15, 0.2) is 0 Å². The van der Waals surface area contributed by atoms with Crippen LogP contribution in [0.4, 0.5) is 0 Å². The number of amides is 2. The van der Waals surface area contributed by atoms with Crippen molar-refractivity contribution in [1.82, 2.24) is 10.3 Å². The summed E-state index contributed by atoms with van der Waals surface area (Å²) in [6.45, 7) is 0. The molecule has 0 atom stereocenters. The molecular formula is C15H14N2O3S. The van der Waals surface area contributed by atoms with E-state index < -0.39 is 5.91 Å². The van der Waals surface area contributed by atoms with Crippen molar-refractivity contribution in [2.24, 2.45) is 0 Å². The molecule has 0 bridgehead atoms. The normalized spacial score (nSPS) is 9.95. The summed E-state index contributed by atoms with van der Waals surface area (Å²) in [6, 6.07) is 12.0. The Bertz CT molecular complexity index is 615. The van der Waals surface area contributed by atoms with Gasteiger partial charge in [0, 0.05) is 11.8 Å². The van der Waals surface area contributed by atoms with E-state index in [1.165, 1.54) is 11.8 Å². The summed E-state index contributed by atoms with van der Waals surface area (Å²) in [4.78, 5) is 27.7. The predicted octanol–water partition coefficient (Wildman–Crippen LogP) is 2.14. The van der Waals surface area contributed by atoms with E-state index in [9.17, 15) is 9.59 Å². The van der Waals surface area contributed by atoms with E-state index in [1.54, 1.807) is 43.6 Å². The number of benzene rings is 1. The number of nitrogens with one attached hydrogen (secondary N) is 1. The SMILES string of the molecule is COc1ccc(C(=O)NC(=O)CSc2ccccn2)cc1. The zero-order valence-electron chi connectivity index (χ0n) is 11.4. The lowest BCUT2D eigenvalue weighted by Gasteiger charge is -2.05. The average Bonchev–Trinajstić information content (AvgIpc) is 2.54. The lowest BCUT2D eigenvalue weighted by Crippen LogP contribution is -2.31. The summed E-state index contributed by atoms with van der Waals surface area (Å²) in [7, 11) is 1.55. The van der Waals surface area contributed by atoms with Crippen LogP contribution in [0.15, 0.2) is 53.7 Å². The van der Waals surface area contributed by atoms with Crippen LogP contribution >= 0.6 is 11.8 Å². The second-order valence-corrected chi connectivity index (χ2v) is 5.06. The maximum absolute atomic E-state index is 11.9. The number of hydrogen-bond donors (Lipinski definition) is 1. The van der Waals surface area contributed by atoms with Crippen molar-refractivity contribution >= 4 is 23.6 Å². The first-order chi connectivity index (χ1) is 10.2. The highest BCUT2D eigenvalue weighted by Crippen LogP contribution is 2.14. The third-order valence-electron chi connectivity index (χ3n) is 2.59. The molecule has 0 saturated heterocycles. The Kier molecular flexibility index (Phi) is 5.34. The fraction of sp³-hybridized carbons (Fsp3) is 0.133. The maximum Gasteiger partial charge on any atom is 0.257 e. The summed E-state index contributed by atoms with van der Waals surface area (Å²) >= 11 is 1.28. The molecule has 0 saturated carbocycles. The molecule has 1 aromatic carbocycles. The summed E-state index contributed by atoms with van der Waals surface area (Å²) in [5, 5.41) is 3.08. The molecule has 21 heavy (non-hydrogen) atoms. The van der Waals surface area contributed by atoms with Crippen LogP contribution in [0.3, 0.4) is 0 Å². The average molecular weight is 302 g/mol. The second kappa shape index (κ2) is 7.44. The molecule has 0 aliphatic heterocycles. The smallest absolute Gasteiger partial charge is 0.257 e. The van der Waals surface area contributed by atoms with E-state index in [0.29, 0.717) is 11.3 Å². The molecule has 0 aliphatic carbocycles. The van der Waals surface area contributed by atoms with Crippen molar-refractivity contribution < 1.29 is 14.3 Å². The molecule has 6 heteroatoms. The predicted molar refractivity (Wildman–Crippen MR) is 80.4 cm³/mol. The van der Waals surface area contributed by atoms with Gasteiger partial charge in [-0.25, -0.2) is 4.98 Å². The molecule has 5 nitrogen and oxygen atoms in total. The lowest BCUT2D eigenvalue weighted by atomic mass is 10.2. The quantitative estimate of drug-likeness (QED) is 0.857. The number of thioether (sulfide) groups is 1. The van der Waals surface area contributed by atoms with Gasteiger partial charge >= 0.3 is 0 Å². The Labute approximate surface area is 126 Å². The molecule has 108 valence electrons. The van der Waals surface area contributed by atoms with Gasteiger partial charge in [-0.3, -0.25) is 14.9 Å². The summed E-state index contributed by atoms with van der Waals surface area (Å²) in [5.41, 5.74) is 0.409. The van der Waals surface area contributed by atoms with Crippen LogP contribution in [0.1, 0.15) is 10.4 Å². The molecule has 2 amide bonds. The van der Waals surface area contributed by atoms with Crippen molar-refractivity contribution in [3.63, 3.8) is 0 Å². The van der Waals surface area contributed by atoms with Crippen molar-refractivity contribution in [3.8, 4) is 5.75 Å². The molecule has 2 aromatic rings. The monoisotopic (exact) mass is 302 g/mol. The topological polar surface area (TPSA) is 68.3 Å². The molecule has 0 aliphatic rings. The standard InChI is InChI=1S/C15H14N2O3S/c1-20-12-7-5-11(6-8-12)15(19)17-13(18)10-21-14-4-2-3-9-16-14/h2-9H,10H2,1H3,(H,17,18,19). The van der Waals surface area contributed by atoms with Crippen LogP contribution in [0.2, 0.25) is 0 Å². The largest absolute Gasteiger partial charge is 0.497 e. The number of carbonyl (C=O) groups excluding carboxylic acids is 2. The highest BCUT2D eigenvalue weighted by Gasteiger charge is 2.11. The first-order valence-corrected chi connectivity index (χ1v) is 7.19. The minimum absolute atomic E-state index is 0.138. The van der Waals surface area contributed by atoms with Crippen LogP contribution < -0.4 is 10.1 Å². The molecule has 0 spiro atoms.